The molecule has 4 N–H and O–H groups in total. The van der Waals surface area contributed by atoms with Crippen LogP contribution >= 0.6 is 11.8 Å². The van der Waals surface area contributed by atoms with Gasteiger partial charge in [-0.25, -0.2) is 14.4 Å². The summed E-state index contributed by atoms with van der Waals surface area (Å²) in [5.74, 6) is 0.950. The molecule has 12 heteroatoms. The highest BCUT2D eigenvalue weighted by molar-refractivity contribution is 8.00. The van der Waals surface area contributed by atoms with Crippen molar-refractivity contribution in [2.24, 2.45) is 0 Å². The Morgan fingerprint density at radius 3 is 2.22 bits per heavy atom. The molecule has 11 nitrogen and oxygen atoms in total. The summed E-state index contributed by atoms with van der Waals surface area (Å²) in [6, 6.07) is 31.2. The van der Waals surface area contributed by atoms with Crippen LogP contribution in [0.4, 0.5) is 9.59 Å². The van der Waals surface area contributed by atoms with Crippen LogP contribution in [0, 0.1) is 6.92 Å². The number of ether oxygens (including phenoxy) is 3. The normalized spacial score (nSPS) is 18.2. The lowest BCUT2D eigenvalue weighted by Gasteiger charge is -2.19. The molecule has 1 aliphatic carbocycles. The molecule has 0 bridgehead atoms. The molecule has 4 aromatic rings. The predicted molar refractivity (Wildman–Crippen MR) is 225 cm³/mol. The Labute approximate surface area is 344 Å². The van der Waals surface area contributed by atoms with Crippen LogP contribution in [0.2, 0.25) is 0 Å². The second-order valence-electron chi connectivity index (χ2n) is 15.3. The van der Waals surface area contributed by atoms with Crippen LogP contribution < -0.4 is 26.0 Å². The maximum absolute atomic E-state index is 13.5. The van der Waals surface area contributed by atoms with Crippen molar-refractivity contribution in [3.05, 3.63) is 125 Å². The van der Waals surface area contributed by atoms with Crippen molar-refractivity contribution in [3.8, 4) is 16.9 Å². The fourth-order valence-corrected chi connectivity index (χ4v) is 9.43. The SMILES string of the molecule is Cc1ccc(COc2ccc(COC(=O)[C@H](CCCCNC(=O)CCCC[C@@H]3SC[C@@H]4NC(=O)N[C@@H]43)NC(=O)OCC3c4ccccc4-c4ccccc43)cc2)cc1. The molecule has 2 aliphatic heterocycles. The van der Waals surface area contributed by atoms with E-state index in [1.54, 1.807) is 0 Å². The van der Waals surface area contributed by atoms with E-state index >= 15 is 0 Å². The maximum atomic E-state index is 13.5. The van der Waals surface area contributed by atoms with Crippen LogP contribution in [0.25, 0.3) is 11.1 Å². The highest BCUT2D eigenvalue weighted by Gasteiger charge is 2.42. The van der Waals surface area contributed by atoms with Crippen molar-refractivity contribution in [3.63, 3.8) is 0 Å². The Hall–Kier alpha value is -5.49. The number of carbonyl (C=O) groups is 4. The molecular formula is C46H52N4O7S. The molecule has 4 amide bonds. The second-order valence-corrected chi connectivity index (χ2v) is 16.5. The van der Waals surface area contributed by atoms with E-state index in [0.717, 1.165) is 58.4 Å². The number of thioether (sulfide) groups is 1. The second kappa shape index (κ2) is 19.8. The molecule has 7 rings (SSSR count). The average Bonchev–Trinajstić information content (AvgIpc) is 3.90. The molecule has 0 radical (unpaired) electrons. The minimum absolute atomic E-state index is 0.00734. The smallest absolute Gasteiger partial charge is 0.407 e. The van der Waals surface area contributed by atoms with Crippen LogP contribution in [0.5, 0.6) is 5.75 Å². The quantitative estimate of drug-likeness (QED) is 0.0433. The molecule has 0 aromatic heterocycles. The van der Waals surface area contributed by atoms with E-state index < -0.39 is 18.1 Å². The van der Waals surface area contributed by atoms with Crippen molar-refractivity contribution < 1.29 is 33.4 Å². The van der Waals surface area contributed by atoms with Crippen molar-refractivity contribution >= 4 is 35.8 Å². The van der Waals surface area contributed by atoms with Gasteiger partial charge in [-0.05, 0) is 84.5 Å². The lowest BCUT2D eigenvalue weighted by Crippen LogP contribution is -2.42. The molecule has 2 heterocycles. The number of nitrogens with one attached hydrogen (secondary N) is 4. The summed E-state index contributed by atoms with van der Waals surface area (Å²) in [7, 11) is 0. The van der Waals surface area contributed by atoms with Crippen molar-refractivity contribution in [1.29, 1.82) is 0 Å². The van der Waals surface area contributed by atoms with Gasteiger partial charge in [-0.3, -0.25) is 4.79 Å². The minimum atomic E-state index is -0.934. The number of hydrogen-bond acceptors (Lipinski definition) is 8. The van der Waals surface area contributed by atoms with E-state index in [4.69, 9.17) is 14.2 Å². The number of amides is 4. The maximum Gasteiger partial charge on any atom is 0.407 e. The minimum Gasteiger partial charge on any atom is -0.489 e. The van der Waals surface area contributed by atoms with E-state index in [1.807, 2.05) is 79.3 Å². The van der Waals surface area contributed by atoms with Crippen LogP contribution in [0.1, 0.15) is 78.7 Å². The van der Waals surface area contributed by atoms with Gasteiger partial charge >= 0.3 is 18.1 Å². The number of unbranched alkanes of at least 4 members (excludes halogenated alkanes) is 2. The van der Waals surface area contributed by atoms with Gasteiger partial charge in [0.05, 0.1) is 12.1 Å². The van der Waals surface area contributed by atoms with Crippen LogP contribution in [-0.2, 0) is 32.3 Å². The largest absolute Gasteiger partial charge is 0.489 e. The van der Waals surface area contributed by atoms with Gasteiger partial charge in [-0.15, -0.1) is 0 Å². The third-order valence-corrected chi connectivity index (χ3v) is 12.6. The molecule has 304 valence electrons. The molecule has 58 heavy (non-hydrogen) atoms. The highest BCUT2D eigenvalue weighted by atomic mass is 32.2. The first-order valence-electron chi connectivity index (χ1n) is 20.3. The van der Waals surface area contributed by atoms with Gasteiger partial charge in [0.2, 0.25) is 5.91 Å². The topological polar surface area (TPSA) is 144 Å². The van der Waals surface area contributed by atoms with Gasteiger partial charge in [-0.2, -0.15) is 11.8 Å². The molecule has 2 fully saturated rings. The summed E-state index contributed by atoms with van der Waals surface area (Å²) >= 11 is 1.88. The Morgan fingerprint density at radius 2 is 1.48 bits per heavy atom. The fraction of sp³-hybridized carbons (Fsp3) is 0.391. The number of rotatable bonds is 19. The number of carbonyl (C=O) groups excluding carboxylic acids is 4. The molecule has 4 atom stereocenters. The van der Waals surface area contributed by atoms with Crippen LogP contribution in [-0.4, -0.2) is 66.3 Å². The molecule has 0 unspecified atom stereocenters. The Balaban J connectivity index is 0.870. The molecule has 0 spiro atoms. The first-order valence-corrected chi connectivity index (χ1v) is 21.4. The summed E-state index contributed by atoms with van der Waals surface area (Å²) in [5, 5.41) is 12.1. The van der Waals surface area contributed by atoms with Gasteiger partial charge in [-0.1, -0.05) is 96.9 Å². The Kier molecular flexibility index (Phi) is 13.9. The fourth-order valence-electron chi connectivity index (χ4n) is 7.88. The van der Waals surface area contributed by atoms with E-state index in [1.165, 1.54) is 5.56 Å². The molecule has 4 aromatic carbocycles. The number of aryl methyl sites for hydroxylation is 1. The Morgan fingerprint density at radius 1 is 0.793 bits per heavy atom. The summed E-state index contributed by atoms with van der Waals surface area (Å²) in [6.45, 7) is 3.11. The predicted octanol–water partition coefficient (Wildman–Crippen LogP) is 7.54. The van der Waals surface area contributed by atoms with Crippen molar-refractivity contribution in [2.75, 3.05) is 18.9 Å². The standard InChI is InChI=1S/C46H52N4O7S/c1-30-17-19-31(20-18-30)26-55-33-23-21-32(22-24-33)27-56-44(52)39(49-46(54)57-28-38-36-12-4-2-10-34(36)35-11-3-5-13-37(35)38)14-8-9-25-47-42(51)16-7-6-15-41-43-40(29-58-41)48-45(53)50-43/h2-5,10-13,17-24,38-41,43H,6-9,14-16,25-29H2,1H3,(H,47,51)(H,49,54)(H2,48,50,53)/t39-,40-,41-,43-/m0/s1. The zero-order valence-electron chi connectivity index (χ0n) is 32.9. The van der Waals surface area contributed by atoms with Crippen LogP contribution in [0.3, 0.4) is 0 Å². The number of alkyl carbamates (subject to hydrolysis) is 1. The van der Waals surface area contributed by atoms with E-state index in [2.05, 4.69) is 57.7 Å². The molecule has 2 saturated heterocycles. The third kappa shape index (κ3) is 10.7. The number of urea groups is 1. The average molecular weight is 805 g/mol. The summed E-state index contributed by atoms with van der Waals surface area (Å²) in [4.78, 5) is 50.9. The summed E-state index contributed by atoms with van der Waals surface area (Å²) in [6.07, 6.45) is 3.92. The van der Waals surface area contributed by atoms with Gasteiger partial charge in [0.1, 0.15) is 31.6 Å². The molecule has 3 aliphatic rings. The van der Waals surface area contributed by atoms with E-state index in [9.17, 15) is 19.2 Å². The molecule has 0 saturated carbocycles. The van der Waals surface area contributed by atoms with Gasteiger partial charge < -0.3 is 35.5 Å². The molecular weight excluding hydrogens is 753 g/mol. The lowest BCUT2D eigenvalue weighted by atomic mass is 9.98. The number of esters is 1. The zero-order chi connectivity index (χ0) is 40.3. The first kappa shape index (κ1) is 40.7. The van der Waals surface area contributed by atoms with Gasteiger partial charge in [0.15, 0.2) is 0 Å². The number of hydrogen-bond donors (Lipinski definition) is 4. The lowest BCUT2D eigenvalue weighted by molar-refractivity contribution is -0.147. The van der Waals surface area contributed by atoms with Crippen LogP contribution in [0.15, 0.2) is 97.1 Å². The van der Waals surface area contributed by atoms with Crippen molar-refractivity contribution in [1.82, 2.24) is 21.3 Å². The number of benzene rings is 4. The Bertz CT molecular complexity index is 2000. The number of fused-ring (bicyclic) bond motifs is 4. The summed E-state index contributed by atoms with van der Waals surface area (Å²) < 4.78 is 17.4. The summed E-state index contributed by atoms with van der Waals surface area (Å²) in [5.41, 5.74) is 7.51. The van der Waals surface area contributed by atoms with E-state index in [0.29, 0.717) is 49.8 Å². The highest BCUT2D eigenvalue weighted by Crippen LogP contribution is 2.44. The third-order valence-electron chi connectivity index (χ3n) is 11.1. The van der Waals surface area contributed by atoms with E-state index in [-0.39, 0.29) is 43.2 Å². The zero-order valence-corrected chi connectivity index (χ0v) is 33.7. The monoisotopic (exact) mass is 804 g/mol. The van der Waals surface area contributed by atoms with Gasteiger partial charge in [0, 0.05) is 29.9 Å². The first-order chi connectivity index (χ1) is 28.3. The van der Waals surface area contributed by atoms with Crippen molar-refractivity contribution in [2.45, 2.75) is 94.4 Å². The van der Waals surface area contributed by atoms with Gasteiger partial charge in [0.25, 0.3) is 0 Å².